The Bertz CT molecular complexity index is 1100. The van der Waals surface area contributed by atoms with Crippen molar-refractivity contribution in [3.63, 3.8) is 0 Å². The molecule has 1 aliphatic rings. The van der Waals surface area contributed by atoms with Crippen molar-refractivity contribution in [3.05, 3.63) is 76.0 Å². The molecule has 1 aliphatic heterocycles. The third-order valence-corrected chi connectivity index (χ3v) is 5.22. The minimum atomic E-state index is -0.398. The van der Waals surface area contributed by atoms with E-state index < -0.39 is 4.92 Å². The van der Waals surface area contributed by atoms with Crippen molar-refractivity contribution in [2.24, 2.45) is 0 Å². The van der Waals surface area contributed by atoms with E-state index in [4.69, 9.17) is 4.74 Å². The first-order valence-electron chi connectivity index (χ1n) is 9.80. The largest absolute Gasteiger partial charge is 0.370 e. The van der Waals surface area contributed by atoms with Gasteiger partial charge >= 0.3 is 0 Å². The van der Waals surface area contributed by atoms with Gasteiger partial charge in [-0.3, -0.25) is 14.9 Å². The average Bonchev–Trinajstić information content (AvgIpc) is 2.80. The van der Waals surface area contributed by atoms with Gasteiger partial charge in [0.1, 0.15) is 6.10 Å². The van der Waals surface area contributed by atoms with Crippen LogP contribution in [0.2, 0.25) is 0 Å². The Balaban J connectivity index is 1.51. The van der Waals surface area contributed by atoms with Gasteiger partial charge in [0, 0.05) is 35.6 Å². The first-order chi connectivity index (χ1) is 15.0. The summed E-state index contributed by atoms with van der Waals surface area (Å²) in [6, 6.07) is 14.3. The number of morpholine rings is 1. The number of rotatable bonds is 6. The first kappa shape index (κ1) is 20.4. The number of aromatic nitrogens is 2. The zero-order valence-corrected chi connectivity index (χ0v) is 16.9. The zero-order valence-electron chi connectivity index (χ0n) is 16.9. The molecule has 2 aromatic carbocycles. The van der Waals surface area contributed by atoms with Crippen molar-refractivity contribution in [1.82, 2.24) is 14.9 Å². The smallest absolute Gasteiger partial charge is 0.272 e. The number of anilines is 2. The van der Waals surface area contributed by atoms with E-state index >= 15 is 0 Å². The summed E-state index contributed by atoms with van der Waals surface area (Å²) in [4.78, 5) is 32.3. The predicted octanol–water partition coefficient (Wildman–Crippen LogP) is 3.63. The van der Waals surface area contributed by atoms with Gasteiger partial charge in [0.05, 0.1) is 23.8 Å². The molecule has 1 saturated heterocycles. The lowest BCUT2D eigenvalue weighted by molar-refractivity contribution is -0.385. The number of nitrogens with one attached hydrogen (secondary N) is 1. The van der Waals surface area contributed by atoms with Crippen molar-refractivity contribution >= 4 is 23.7 Å². The highest BCUT2D eigenvalue weighted by Crippen LogP contribution is 2.29. The van der Waals surface area contributed by atoms with Gasteiger partial charge in [0.15, 0.2) is 0 Å². The molecule has 1 amide bonds. The molecule has 0 bridgehead atoms. The third kappa shape index (κ3) is 4.51. The Morgan fingerprint density at radius 1 is 1.23 bits per heavy atom. The SMILES string of the molecule is Cc1c(-c2ccnc(Nc3ccc(C4CN(C=O)CCO4)cc3)n2)cccc1[N+](=O)[O-]. The maximum Gasteiger partial charge on any atom is 0.272 e. The molecule has 1 aromatic heterocycles. The standard InChI is InChI=1S/C22H21N5O4/c1-15-18(3-2-4-20(15)27(29)30)19-9-10-23-22(25-19)24-17-7-5-16(6-8-17)21-13-26(14-28)11-12-31-21/h2-10,14,21H,11-13H2,1H3,(H,23,24,25). The zero-order chi connectivity index (χ0) is 21.8. The predicted molar refractivity (Wildman–Crippen MR) is 115 cm³/mol. The summed E-state index contributed by atoms with van der Waals surface area (Å²) >= 11 is 0. The topological polar surface area (TPSA) is 110 Å². The monoisotopic (exact) mass is 419 g/mol. The fourth-order valence-electron chi connectivity index (χ4n) is 3.54. The number of carbonyl (C=O) groups is 1. The van der Waals surface area contributed by atoms with Crippen LogP contribution in [0.15, 0.2) is 54.7 Å². The summed E-state index contributed by atoms with van der Waals surface area (Å²) in [5.74, 6) is 0.386. The molecular weight excluding hydrogens is 398 g/mol. The Labute approximate surface area is 178 Å². The van der Waals surface area contributed by atoms with Gasteiger partial charge < -0.3 is 15.0 Å². The molecule has 31 heavy (non-hydrogen) atoms. The molecule has 158 valence electrons. The highest BCUT2D eigenvalue weighted by Gasteiger charge is 2.21. The number of benzene rings is 2. The molecule has 3 aromatic rings. The van der Waals surface area contributed by atoms with Gasteiger partial charge in [-0.05, 0) is 30.7 Å². The number of nitrogens with zero attached hydrogens (tertiary/aromatic N) is 4. The van der Waals surface area contributed by atoms with E-state index in [0.717, 1.165) is 17.7 Å². The minimum absolute atomic E-state index is 0.0549. The summed E-state index contributed by atoms with van der Waals surface area (Å²) in [7, 11) is 0. The van der Waals surface area contributed by atoms with Crippen molar-refractivity contribution in [2.45, 2.75) is 13.0 Å². The summed E-state index contributed by atoms with van der Waals surface area (Å²) in [6.07, 6.45) is 2.31. The molecule has 4 rings (SSSR count). The van der Waals surface area contributed by atoms with Crippen molar-refractivity contribution in [1.29, 1.82) is 0 Å². The van der Waals surface area contributed by atoms with E-state index in [1.807, 2.05) is 24.3 Å². The first-order valence-corrected chi connectivity index (χ1v) is 9.80. The van der Waals surface area contributed by atoms with Crippen LogP contribution in [0.5, 0.6) is 0 Å². The fourth-order valence-corrected chi connectivity index (χ4v) is 3.54. The molecule has 0 aliphatic carbocycles. The van der Waals surface area contributed by atoms with E-state index in [9.17, 15) is 14.9 Å². The van der Waals surface area contributed by atoms with E-state index in [2.05, 4.69) is 15.3 Å². The fraction of sp³-hybridized carbons (Fsp3) is 0.227. The molecule has 9 heteroatoms. The minimum Gasteiger partial charge on any atom is -0.370 e. The van der Waals surface area contributed by atoms with Gasteiger partial charge in [0.2, 0.25) is 12.4 Å². The summed E-state index contributed by atoms with van der Waals surface area (Å²) in [5, 5.41) is 14.4. The van der Waals surface area contributed by atoms with Gasteiger partial charge in [-0.1, -0.05) is 24.3 Å². The molecule has 0 radical (unpaired) electrons. The third-order valence-electron chi connectivity index (χ3n) is 5.22. The van der Waals surface area contributed by atoms with Gasteiger partial charge in [-0.15, -0.1) is 0 Å². The average molecular weight is 419 g/mol. The number of amides is 1. The highest BCUT2D eigenvalue weighted by molar-refractivity contribution is 5.69. The van der Waals surface area contributed by atoms with Crippen LogP contribution >= 0.6 is 0 Å². The Morgan fingerprint density at radius 3 is 2.77 bits per heavy atom. The van der Waals surface area contributed by atoms with Crippen LogP contribution < -0.4 is 5.32 Å². The van der Waals surface area contributed by atoms with Gasteiger partial charge in [0.25, 0.3) is 5.69 Å². The van der Waals surface area contributed by atoms with Crippen LogP contribution in [-0.2, 0) is 9.53 Å². The summed E-state index contributed by atoms with van der Waals surface area (Å²) in [6.45, 7) is 3.36. The second-order valence-electron chi connectivity index (χ2n) is 7.18. The molecule has 0 saturated carbocycles. The van der Waals surface area contributed by atoms with Crippen LogP contribution in [0, 0.1) is 17.0 Å². The van der Waals surface area contributed by atoms with Gasteiger partial charge in [-0.25, -0.2) is 9.97 Å². The molecule has 9 nitrogen and oxygen atoms in total. The van der Waals surface area contributed by atoms with E-state index in [1.54, 1.807) is 36.2 Å². The second kappa shape index (κ2) is 8.88. The van der Waals surface area contributed by atoms with E-state index in [-0.39, 0.29) is 11.8 Å². The summed E-state index contributed by atoms with van der Waals surface area (Å²) in [5.41, 5.74) is 3.67. The molecule has 1 atom stereocenters. The van der Waals surface area contributed by atoms with Crippen molar-refractivity contribution < 1.29 is 14.5 Å². The number of hydrogen-bond acceptors (Lipinski definition) is 7. The molecule has 1 unspecified atom stereocenters. The van der Waals surface area contributed by atoms with Crippen LogP contribution in [-0.4, -0.2) is 45.9 Å². The summed E-state index contributed by atoms with van der Waals surface area (Å²) < 4.78 is 5.76. The number of hydrogen-bond donors (Lipinski definition) is 1. The Morgan fingerprint density at radius 2 is 2.03 bits per heavy atom. The molecular formula is C22H21N5O4. The number of nitro benzene ring substituents is 1. The van der Waals surface area contributed by atoms with E-state index in [1.165, 1.54) is 6.07 Å². The molecule has 0 spiro atoms. The highest BCUT2D eigenvalue weighted by atomic mass is 16.6. The second-order valence-corrected chi connectivity index (χ2v) is 7.18. The van der Waals surface area contributed by atoms with Crippen molar-refractivity contribution in [3.8, 4) is 11.3 Å². The van der Waals surface area contributed by atoms with Crippen LogP contribution in [0.1, 0.15) is 17.2 Å². The molecule has 1 fully saturated rings. The van der Waals surface area contributed by atoms with Crippen LogP contribution in [0.3, 0.4) is 0 Å². The van der Waals surface area contributed by atoms with Crippen LogP contribution in [0.25, 0.3) is 11.3 Å². The normalized spacial score (nSPS) is 16.0. The van der Waals surface area contributed by atoms with Crippen LogP contribution in [0.4, 0.5) is 17.3 Å². The number of carbonyl (C=O) groups excluding carboxylic acids is 1. The number of nitro groups is 1. The molecule has 1 N–H and O–H groups in total. The maximum atomic E-state index is 11.2. The van der Waals surface area contributed by atoms with Gasteiger partial charge in [-0.2, -0.15) is 0 Å². The Hall–Kier alpha value is -3.85. The number of ether oxygens (including phenoxy) is 1. The molecule has 2 heterocycles. The van der Waals surface area contributed by atoms with Crippen molar-refractivity contribution in [2.75, 3.05) is 25.0 Å². The maximum absolute atomic E-state index is 11.2. The quantitative estimate of drug-likeness (QED) is 0.369. The van der Waals surface area contributed by atoms with E-state index in [0.29, 0.717) is 42.5 Å². The Kier molecular flexibility index (Phi) is 5.85. The lowest BCUT2D eigenvalue weighted by Gasteiger charge is -2.30. The lowest BCUT2D eigenvalue weighted by Crippen LogP contribution is -2.37. The lowest BCUT2D eigenvalue weighted by atomic mass is 10.0.